The summed E-state index contributed by atoms with van der Waals surface area (Å²) in [5.41, 5.74) is 0.390. The van der Waals surface area contributed by atoms with Crippen LogP contribution < -0.4 is 5.32 Å². The highest BCUT2D eigenvalue weighted by molar-refractivity contribution is 9.10. The first-order valence-electron chi connectivity index (χ1n) is 6.16. The van der Waals surface area contributed by atoms with E-state index in [1.807, 2.05) is 19.1 Å². The molecule has 0 atom stereocenters. The van der Waals surface area contributed by atoms with Gasteiger partial charge in [0.1, 0.15) is 12.1 Å². The molecule has 6 heteroatoms. The maximum atomic E-state index is 12.6. The molecule has 0 aromatic heterocycles. The Hall–Kier alpha value is -1.69. The minimum Gasteiger partial charge on any atom is -0.315 e. The smallest absolute Gasteiger partial charge is 0.256 e. The molecular weight excluding hydrogens is 324 g/mol. The highest BCUT2D eigenvalue weighted by atomic mass is 79.9. The predicted molar refractivity (Wildman–Crippen MR) is 77.1 cm³/mol. The molecule has 20 heavy (non-hydrogen) atoms. The van der Waals surface area contributed by atoms with Gasteiger partial charge in [-0.1, -0.05) is 6.07 Å². The summed E-state index contributed by atoms with van der Waals surface area (Å²) >= 11 is 3.35. The normalized spacial score (nSPS) is 17.9. The van der Waals surface area contributed by atoms with Gasteiger partial charge >= 0.3 is 0 Å². The molecule has 1 aromatic rings. The number of benzene rings is 1. The van der Waals surface area contributed by atoms with Crippen LogP contribution in [0.3, 0.4) is 0 Å². The lowest BCUT2D eigenvalue weighted by Crippen LogP contribution is -2.65. The molecule has 1 saturated heterocycles. The van der Waals surface area contributed by atoms with Gasteiger partial charge in [0.05, 0.1) is 5.56 Å². The molecule has 5 nitrogen and oxygen atoms in total. The van der Waals surface area contributed by atoms with E-state index in [4.69, 9.17) is 0 Å². The van der Waals surface area contributed by atoms with Crippen molar-refractivity contribution in [3.05, 3.63) is 33.8 Å². The number of piperazine rings is 1. The third kappa shape index (κ3) is 2.47. The first kappa shape index (κ1) is 14.7. The van der Waals surface area contributed by atoms with Gasteiger partial charge in [-0.3, -0.25) is 19.7 Å². The van der Waals surface area contributed by atoms with E-state index in [2.05, 4.69) is 21.2 Å². The second kappa shape index (κ2) is 5.01. The molecule has 2 rings (SSSR count). The fraction of sp³-hybridized carbons (Fsp3) is 0.357. The van der Waals surface area contributed by atoms with E-state index in [9.17, 15) is 14.4 Å². The third-order valence-corrected chi connectivity index (χ3v) is 4.04. The van der Waals surface area contributed by atoms with Gasteiger partial charge in [-0.2, -0.15) is 0 Å². The Balaban J connectivity index is 2.40. The van der Waals surface area contributed by atoms with Gasteiger partial charge in [-0.15, -0.1) is 0 Å². The molecule has 0 bridgehead atoms. The average Bonchev–Trinajstić information content (AvgIpc) is 2.33. The van der Waals surface area contributed by atoms with E-state index in [1.54, 1.807) is 19.9 Å². The molecule has 1 aliphatic rings. The van der Waals surface area contributed by atoms with Crippen LogP contribution in [0.2, 0.25) is 0 Å². The summed E-state index contributed by atoms with van der Waals surface area (Å²) in [6.45, 7) is 5.03. The Labute approximate surface area is 125 Å². The first-order chi connectivity index (χ1) is 9.23. The number of hydrogen-bond donors (Lipinski definition) is 1. The van der Waals surface area contributed by atoms with E-state index in [1.165, 1.54) is 4.90 Å². The summed E-state index contributed by atoms with van der Waals surface area (Å²) in [5.74, 6) is -1.28. The minimum absolute atomic E-state index is 0.127. The monoisotopic (exact) mass is 338 g/mol. The van der Waals surface area contributed by atoms with Crippen LogP contribution in [-0.4, -0.2) is 34.7 Å². The quantitative estimate of drug-likeness (QED) is 0.791. The van der Waals surface area contributed by atoms with Crippen LogP contribution >= 0.6 is 15.9 Å². The van der Waals surface area contributed by atoms with Crippen LogP contribution in [0.1, 0.15) is 29.8 Å². The number of imide groups is 1. The van der Waals surface area contributed by atoms with E-state index >= 15 is 0 Å². The van der Waals surface area contributed by atoms with Crippen LogP contribution in [0.15, 0.2) is 22.7 Å². The number of amides is 3. The van der Waals surface area contributed by atoms with Gasteiger partial charge in [0.2, 0.25) is 5.91 Å². The van der Waals surface area contributed by atoms with Crippen LogP contribution in [0.5, 0.6) is 0 Å². The Morgan fingerprint density at radius 3 is 2.60 bits per heavy atom. The molecule has 1 fully saturated rings. The van der Waals surface area contributed by atoms with Crippen molar-refractivity contribution in [3.8, 4) is 0 Å². The Morgan fingerprint density at radius 2 is 2.00 bits per heavy atom. The zero-order chi connectivity index (χ0) is 15.1. The minimum atomic E-state index is -1.06. The van der Waals surface area contributed by atoms with Crippen LogP contribution in [0.4, 0.5) is 0 Å². The molecule has 0 radical (unpaired) electrons. The van der Waals surface area contributed by atoms with Crippen molar-refractivity contribution >= 4 is 33.7 Å². The highest BCUT2D eigenvalue weighted by Gasteiger charge is 2.44. The van der Waals surface area contributed by atoms with E-state index in [0.717, 1.165) is 5.56 Å². The molecule has 106 valence electrons. The number of aryl methyl sites for hydroxylation is 1. The molecule has 0 saturated carbocycles. The van der Waals surface area contributed by atoms with Gasteiger partial charge in [0, 0.05) is 4.47 Å². The molecular formula is C14H15BrN2O3. The van der Waals surface area contributed by atoms with Gasteiger partial charge in [-0.25, -0.2) is 0 Å². The summed E-state index contributed by atoms with van der Waals surface area (Å²) < 4.78 is 0.650. The standard InChI is InChI=1S/C14H15BrN2O3/c1-8-4-5-9(10(15)6-8)12(19)17-7-11(18)16-13(20)14(17,2)3/h4-6H,7H2,1-3H3,(H,16,18,20). The molecule has 3 amide bonds. The van der Waals surface area contributed by atoms with Crippen molar-refractivity contribution in [2.45, 2.75) is 26.3 Å². The number of nitrogens with zero attached hydrogens (tertiary/aromatic N) is 1. The lowest BCUT2D eigenvalue weighted by atomic mass is 9.97. The fourth-order valence-corrected chi connectivity index (χ4v) is 2.71. The maximum Gasteiger partial charge on any atom is 0.256 e. The summed E-state index contributed by atoms with van der Waals surface area (Å²) in [6, 6.07) is 5.33. The summed E-state index contributed by atoms with van der Waals surface area (Å²) in [6.07, 6.45) is 0. The zero-order valence-electron chi connectivity index (χ0n) is 11.5. The molecule has 0 aliphatic carbocycles. The van der Waals surface area contributed by atoms with Crippen molar-refractivity contribution in [1.82, 2.24) is 10.2 Å². The van der Waals surface area contributed by atoms with Crippen molar-refractivity contribution in [3.63, 3.8) is 0 Å². The fourth-order valence-electron chi connectivity index (χ4n) is 2.05. The first-order valence-corrected chi connectivity index (χ1v) is 6.95. The average molecular weight is 339 g/mol. The zero-order valence-corrected chi connectivity index (χ0v) is 13.1. The Morgan fingerprint density at radius 1 is 1.35 bits per heavy atom. The van der Waals surface area contributed by atoms with Gasteiger partial charge in [0.15, 0.2) is 0 Å². The van der Waals surface area contributed by atoms with E-state index < -0.39 is 17.4 Å². The Kier molecular flexibility index (Phi) is 3.69. The molecule has 1 aliphatic heterocycles. The van der Waals surface area contributed by atoms with Crippen LogP contribution in [0, 0.1) is 6.92 Å². The summed E-state index contributed by atoms with van der Waals surface area (Å²) in [5, 5.41) is 2.25. The number of nitrogens with one attached hydrogen (secondary N) is 1. The second-order valence-electron chi connectivity index (χ2n) is 5.31. The highest BCUT2D eigenvalue weighted by Crippen LogP contribution is 2.25. The van der Waals surface area contributed by atoms with E-state index in [0.29, 0.717) is 10.0 Å². The topological polar surface area (TPSA) is 66.5 Å². The molecule has 1 aromatic carbocycles. The number of rotatable bonds is 1. The number of carbonyl (C=O) groups is 3. The molecule has 0 spiro atoms. The second-order valence-corrected chi connectivity index (χ2v) is 6.17. The van der Waals surface area contributed by atoms with Gasteiger partial charge < -0.3 is 4.90 Å². The van der Waals surface area contributed by atoms with E-state index in [-0.39, 0.29) is 12.5 Å². The van der Waals surface area contributed by atoms with Crippen molar-refractivity contribution in [2.24, 2.45) is 0 Å². The van der Waals surface area contributed by atoms with Crippen LogP contribution in [-0.2, 0) is 9.59 Å². The van der Waals surface area contributed by atoms with Gasteiger partial charge in [0.25, 0.3) is 11.8 Å². The van der Waals surface area contributed by atoms with Crippen molar-refractivity contribution in [1.29, 1.82) is 0 Å². The summed E-state index contributed by atoms with van der Waals surface area (Å²) in [7, 11) is 0. The SMILES string of the molecule is Cc1ccc(C(=O)N2CC(=O)NC(=O)C2(C)C)c(Br)c1. The van der Waals surface area contributed by atoms with Crippen LogP contribution in [0.25, 0.3) is 0 Å². The predicted octanol–water partition coefficient (Wildman–Crippen LogP) is 1.63. The lowest BCUT2D eigenvalue weighted by Gasteiger charge is -2.40. The molecule has 1 heterocycles. The maximum absolute atomic E-state index is 12.6. The Bertz CT molecular complexity index is 610. The molecule has 1 N–H and O–H groups in total. The third-order valence-electron chi connectivity index (χ3n) is 3.39. The number of hydrogen-bond acceptors (Lipinski definition) is 3. The molecule has 0 unspecified atom stereocenters. The number of carbonyl (C=O) groups excluding carboxylic acids is 3. The van der Waals surface area contributed by atoms with Crippen molar-refractivity contribution in [2.75, 3.05) is 6.54 Å². The summed E-state index contributed by atoms with van der Waals surface area (Å²) in [4.78, 5) is 37.3. The van der Waals surface area contributed by atoms with Crippen molar-refractivity contribution < 1.29 is 14.4 Å². The largest absolute Gasteiger partial charge is 0.315 e. The number of halogens is 1. The van der Waals surface area contributed by atoms with Gasteiger partial charge in [-0.05, 0) is 54.4 Å². The lowest BCUT2D eigenvalue weighted by molar-refractivity contribution is -0.143.